The second-order valence-corrected chi connectivity index (χ2v) is 4.44. The average Bonchev–Trinajstić information content (AvgIpc) is 3.03. The van der Waals surface area contributed by atoms with Crippen LogP contribution in [0.15, 0.2) is 59.7 Å². The quantitative estimate of drug-likeness (QED) is 0.685. The highest BCUT2D eigenvalue weighted by Crippen LogP contribution is 2.19. The molecular weight excluding hydrogens is 268 g/mol. The van der Waals surface area contributed by atoms with E-state index in [1.807, 2.05) is 18.2 Å². The van der Waals surface area contributed by atoms with Crippen LogP contribution in [0.1, 0.15) is 10.4 Å². The summed E-state index contributed by atoms with van der Waals surface area (Å²) in [5.74, 6) is -0.277. The van der Waals surface area contributed by atoms with Crippen molar-refractivity contribution < 1.29 is 4.79 Å². The Bertz CT molecular complexity index is 784. The highest BCUT2D eigenvalue weighted by atomic mass is 16.1. The van der Waals surface area contributed by atoms with Crippen LogP contribution in [0.3, 0.4) is 0 Å². The predicted octanol–water partition coefficient (Wildman–Crippen LogP) is 2.02. The van der Waals surface area contributed by atoms with Gasteiger partial charge in [-0.1, -0.05) is 12.1 Å². The average molecular weight is 280 g/mol. The number of nitrogens with one attached hydrogen (secondary N) is 3. The van der Waals surface area contributed by atoms with Crippen LogP contribution in [0.4, 0.5) is 5.69 Å². The Morgan fingerprint density at radius 3 is 2.48 bits per heavy atom. The maximum atomic E-state index is 12.0. The molecule has 0 saturated carbocycles. The minimum atomic E-state index is -0.277. The van der Waals surface area contributed by atoms with E-state index in [2.05, 4.69) is 20.5 Å². The van der Waals surface area contributed by atoms with Crippen molar-refractivity contribution in [3.63, 3.8) is 0 Å². The van der Waals surface area contributed by atoms with E-state index in [-0.39, 0.29) is 11.5 Å². The van der Waals surface area contributed by atoms with Gasteiger partial charge < -0.3 is 10.3 Å². The Labute approximate surface area is 119 Å². The third-order valence-corrected chi connectivity index (χ3v) is 3.00. The van der Waals surface area contributed by atoms with E-state index in [9.17, 15) is 9.59 Å². The number of aromatic amines is 2. The molecule has 0 saturated heterocycles. The van der Waals surface area contributed by atoms with Gasteiger partial charge in [0.25, 0.3) is 5.91 Å². The van der Waals surface area contributed by atoms with Gasteiger partial charge in [0.05, 0.1) is 11.3 Å². The number of nitrogens with zero attached hydrogens (tertiary/aromatic N) is 1. The Kier molecular flexibility index (Phi) is 3.34. The largest absolute Gasteiger partial charge is 0.328 e. The highest BCUT2D eigenvalue weighted by Gasteiger charge is 2.06. The summed E-state index contributed by atoms with van der Waals surface area (Å²) in [7, 11) is 0. The number of hydrogen-bond acceptors (Lipinski definition) is 3. The Hall–Kier alpha value is -3.15. The molecule has 0 aliphatic rings. The van der Waals surface area contributed by atoms with E-state index in [0.29, 0.717) is 11.3 Å². The lowest BCUT2D eigenvalue weighted by atomic mass is 10.1. The summed E-state index contributed by atoms with van der Waals surface area (Å²) in [5.41, 5.74) is 2.72. The molecule has 0 aliphatic heterocycles. The molecule has 0 atom stereocenters. The summed E-state index contributed by atoms with van der Waals surface area (Å²) in [6, 6.07) is 12.0. The zero-order chi connectivity index (χ0) is 14.7. The molecule has 0 bridgehead atoms. The van der Waals surface area contributed by atoms with Crippen LogP contribution in [0.2, 0.25) is 0 Å². The number of hydrogen-bond donors (Lipinski definition) is 3. The monoisotopic (exact) mass is 280 g/mol. The van der Waals surface area contributed by atoms with Gasteiger partial charge in [0, 0.05) is 24.1 Å². The van der Waals surface area contributed by atoms with Crippen molar-refractivity contribution >= 4 is 11.6 Å². The second-order valence-electron chi connectivity index (χ2n) is 4.44. The predicted molar refractivity (Wildman–Crippen MR) is 79.0 cm³/mol. The fourth-order valence-electron chi connectivity index (χ4n) is 1.90. The van der Waals surface area contributed by atoms with Gasteiger partial charge in [-0.15, -0.1) is 0 Å². The standard InChI is InChI=1S/C15H12N4O2/c20-14-6-3-11(9-16-14)15(21)18-12-4-1-10(2-5-12)13-7-8-17-19-13/h1-9H,(H,16,20)(H,17,19)(H,18,21). The van der Waals surface area contributed by atoms with Gasteiger partial charge in [0.15, 0.2) is 0 Å². The number of carbonyl (C=O) groups excluding carboxylic acids is 1. The first kappa shape index (κ1) is 12.9. The third-order valence-electron chi connectivity index (χ3n) is 3.00. The fraction of sp³-hybridized carbons (Fsp3) is 0. The maximum absolute atomic E-state index is 12.0. The number of carbonyl (C=O) groups is 1. The molecule has 0 unspecified atom stereocenters. The number of amides is 1. The molecule has 21 heavy (non-hydrogen) atoms. The highest BCUT2D eigenvalue weighted by molar-refractivity contribution is 6.04. The molecule has 2 heterocycles. The zero-order valence-electron chi connectivity index (χ0n) is 11.0. The van der Waals surface area contributed by atoms with Crippen molar-refractivity contribution in [3.8, 4) is 11.3 Å². The minimum Gasteiger partial charge on any atom is -0.328 e. The lowest BCUT2D eigenvalue weighted by Crippen LogP contribution is -2.14. The summed E-state index contributed by atoms with van der Waals surface area (Å²) in [6.45, 7) is 0. The summed E-state index contributed by atoms with van der Waals surface area (Å²) in [4.78, 5) is 25.4. The lowest BCUT2D eigenvalue weighted by Gasteiger charge is -2.05. The molecule has 3 aromatic rings. The van der Waals surface area contributed by atoms with E-state index in [1.165, 1.54) is 18.3 Å². The number of pyridine rings is 1. The number of aromatic nitrogens is 3. The summed E-state index contributed by atoms with van der Waals surface area (Å²) < 4.78 is 0. The van der Waals surface area contributed by atoms with Crippen molar-refractivity contribution in [2.24, 2.45) is 0 Å². The Morgan fingerprint density at radius 2 is 1.86 bits per heavy atom. The van der Waals surface area contributed by atoms with Gasteiger partial charge in [0.2, 0.25) is 5.56 Å². The van der Waals surface area contributed by atoms with Crippen LogP contribution >= 0.6 is 0 Å². The molecule has 0 radical (unpaired) electrons. The van der Waals surface area contributed by atoms with Crippen molar-refractivity contribution in [3.05, 3.63) is 70.8 Å². The molecule has 1 amide bonds. The summed E-state index contributed by atoms with van der Waals surface area (Å²) in [6.07, 6.45) is 3.07. The van der Waals surface area contributed by atoms with Crippen molar-refractivity contribution in [2.45, 2.75) is 0 Å². The first-order valence-electron chi connectivity index (χ1n) is 6.32. The lowest BCUT2D eigenvalue weighted by molar-refractivity contribution is 0.102. The second kappa shape index (κ2) is 5.46. The molecule has 0 spiro atoms. The van der Waals surface area contributed by atoms with Gasteiger partial charge in [-0.3, -0.25) is 14.7 Å². The summed E-state index contributed by atoms with van der Waals surface area (Å²) >= 11 is 0. The van der Waals surface area contributed by atoms with Crippen molar-refractivity contribution in [2.75, 3.05) is 5.32 Å². The van der Waals surface area contributed by atoms with Crippen LogP contribution in [0.25, 0.3) is 11.3 Å². The topological polar surface area (TPSA) is 90.6 Å². The van der Waals surface area contributed by atoms with E-state index >= 15 is 0 Å². The third kappa shape index (κ3) is 2.89. The summed E-state index contributed by atoms with van der Waals surface area (Å²) in [5, 5.41) is 9.53. The van der Waals surface area contributed by atoms with E-state index in [1.54, 1.807) is 18.3 Å². The fourth-order valence-corrected chi connectivity index (χ4v) is 1.90. The molecule has 6 nitrogen and oxygen atoms in total. The first-order valence-corrected chi connectivity index (χ1v) is 6.32. The molecule has 3 N–H and O–H groups in total. The van der Waals surface area contributed by atoms with Crippen molar-refractivity contribution in [1.29, 1.82) is 0 Å². The number of rotatable bonds is 3. The first-order chi connectivity index (χ1) is 10.2. The number of H-pyrrole nitrogens is 2. The maximum Gasteiger partial charge on any atom is 0.257 e. The molecule has 2 aromatic heterocycles. The molecule has 104 valence electrons. The van der Waals surface area contributed by atoms with Crippen LogP contribution < -0.4 is 10.9 Å². The van der Waals surface area contributed by atoms with Gasteiger partial charge in [-0.2, -0.15) is 5.10 Å². The number of anilines is 1. The van der Waals surface area contributed by atoms with Gasteiger partial charge >= 0.3 is 0 Å². The van der Waals surface area contributed by atoms with Crippen LogP contribution in [0.5, 0.6) is 0 Å². The number of benzene rings is 1. The van der Waals surface area contributed by atoms with Gasteiger partial charge in [-0.25, -0.2) is 0 Å². The van der Waals surface area contributed by atoms with Crippen LogP contribution in [-0.2, 0) is 0 Å². The SMILES string of the molecule is O=C(Nc1ccc(-c2ccn[nH]2)cc1)c1ccc(=O)[nH]c1. The van der Waals surface area contributed by atoms with E-state index in [4.69, 9.17) is 0 Å². The Balaban J connectivity index is 1.74. The van der Waals surface area contributed by atoms with E-state index < -0.39 is 0 Å². The molecule has 0 fully saturated rings. The molecule has 0 aliphatic carbocycles. The van der Waals surface area contributed by atoms with Gasteiger partial charge in [0.1, 0.15) is 0 Å². The van der Waals surface area contributed by atoms with E-state index in [0.717, 1.165) is 11.3 Å². The molecular formula is C15H12N4O2. The Morgan fingerprint density at radius 1 is 1.05 bits per heavy atom. The van der Waals surface area contributed by atoms with Crippen LogP contribution in [0, 0.1) is 0 Å². The smallest absolute Gasteiger partial charge is 0.257 e. The van der Waals surface area contributed by atoms with Crippen LogP contribution in [-0.4, -0.2) is 21.1 Å². The molecule has 1 aromatic carbocycles. The minimum absolute atomic E-state index is 0.240. The zero-order valence-corrected chi connectivity index (χ0v) is 11.0. The molecule has 6 heteroatoms. The molecule has 3 rings (SSSR count). The van der Waals surface area contributed by atoms with Crippen molar-refractivity contribution in [1.82, 2.24) is 15.2 Å². The van der Waals surface area contributed by atoms with Gasteiger partial charge in [-0.05, 0) is 29.8 Å². The normalized spacial score (nSPS) is 10.3.